The highest BCUT2D eigenvalue weighted by molar-refractivity contribution is 6.30. The quantitative estimate of drug-likeness (QED) is 0.195. The number of pyridine rings is 1. The smallest absolute Gasteiger partial charge is 0.234 e. The van der Waals surface area contributed by atoms with E-state index in [0.717, 1.165) is 0 Å². The second-order valence-electron chi connectivity index (χ2n) is 8.05. The normalized spacial score (nSPS) is 13.2. The summed E-state index contributed by atoms with van der Waals surface area (Å²) in [5.74, 6) is -1.51. The van der Waals surface area contributed by atoms with E-state index in [0.29, 0.717) is 28.5 Å². The molecule has 0 unspecified atom stereocenters. The van der Waals surface area contributed by atoms with Gasteiger partial charge >= 0.3 is 0 Å². The number of aromatic nitrogens is 1. The van der Waals surface area contributed by atoms with Crippen molar-refractivity contribution in [1.29, 1.82) is 0 Å². The van der Waals surface area contributed by atoms with Crippen molar-refractivity contribution < 1.29 is 19.0 Å². The average Bonchev–Trinajstić information content (AvgIpc) is 2.89. The molecule has 11 heteroatoms. The number of rotatable bonds is 11. The van der Waals surface area contributed by atoms with Gasteiger partial charge < -0.3 is 20.9 Å². The predicted octanol–water partition coefficient (Wildman–Crippen LogP) is 4.58. The van der Waals surface area contributed by atoms with Gasteiger partial charge in [-0.25, -0.2) is 9.37 Å². The van der Waals surface area contributed by atoms with Gasteiger partial charge in [-0.15, -0.1) is 0 Å². The molecule has 36 heavy (non-hydrogen) atoms. The number of ether oxygens (including phenoxy) is 1. The monoisotopic (exact) mass is 512 g/mol. The summed E-state index contributed by atoms with van der Waals surface area (Å²) in [6.07, 6.45) is 2.04. The third-order valence-electron chi connectivity index (χ3n) is 5.69. The Hall–Kier alpha value is -3.69. The highest BCUT2D eigenvalue weighted by atomic mass is 35.5. The molecule has 0 saturated heterocycles. The van der Waals surface area contributed by atoms with Gasteiger partial charge in [-0.1, -0.05) is 41.0 Å². The number of benzene rings is 2. The van der Waals surface area contributed by atoms with E-state index >= 15 is 0 Å². The lowest BCUT2D eigenvalue weighted by atomic mass is 9.85. The molecule has 1 aromatic heterocycles. The standard InChI is InChI=1S/C25H26ClFN6O3/c1-36-22-12-7-16(13-30-22)23(15-5-8-17(26)9-6-15)24(32-33-29)25(35)31-21-4-2-3-20(27)19(21)11-10-18(28)14-34/h2-9,12-13,18,23-24,34H,10-11,14,28H2,1H3,(H,31,35)/t18-,23-,24-/m0/s1. The van der Waals surface area contributed by atoms with Crippen molar-refractivity contribution in [3.8, 4) is 5.88 Å². The van der Waals surface area contributed by atoms with Crippen LogP contribution in [-0.2, 0) is 11.2 Å². The van der Waals surface area contributed by atoms with Crippen molar-refractivity contribution in [3.63, 3.8) is 0 Å². The molecule has 2 aromatic carbocycles. The highest BCUT2D eigenvalue weighted by Gasteiger charge is 2.31. The minimum absolute atomic E-state index is 0.194. The molecule has 0 bridgehead atoms. The van der Waals surface area contributed by atoms with Crippen molar-refractivity contribution in [1.82, 2.24) is 4.98 Å². The molecule has 188 valence electrons. The van der Waals surface area contributed by atoms with Crippen molar-refractivity contribution in [2.75, 3.05) is 19.0 Å². The summed E-state index contributed by atoms with van der Waals surface area (Å²) in [5.41, 5.74) is 16.8. The highest BCUT2D eigenvalue weighted by Crippen LogP contribution is 2.33. The van der Waals surface area contributed by atoms with Crippen LogP contribution in [0.3, 0.4) is 0 Å². The van der Waals surface area contributed by atoms with E-state index in [4.69, 9.17) is 22.1 Å². The largest absolute Gasteiger partial charge is 0.481 e. The van der Waals surface area contributed by atoms with E-state index in [-0.39, 0.29) is 24.3 Å². The lowest BCUT2D eigenvalue weighted by Gasteiger charge is -2.24. The maximum absolute atomic E-state index is 14.6. The summed E-state index contributed by atoms with van der Waals surface area (Å²) in [5, 5.41) is 16.2. The van der Waals surface area contributed by atoms with E-state index in [1.54, 1.807) is 42.5 Å². The van der Waals surface area contributed by atoms with E-state index in [2.05, 4.69) is 20.3 Å². The molecular formula is C25H26ClFN6O3. The number of nitrogens with two attached hydrogens (primary N) is 1. The fraction of sp³-hybridized carbons (Fsp3) is 0.280. The van der Waals surface area contributed by atoms with E-state index < -0.39 is 29.7 Å². The Morgan fingerprint density at radius 3 is 2.58 bits per heavy atom. The first kappa shape index (κ1) is 26.9. The number of nitrogens with zero attached hydrogens (tertiary/aromatic N) is 4. The van der Waals surface area contributed by atoms with Crippen LogP contribution in [0.5, 0.6) is 5.88 Å². The summed E-state index contributed by atoms with van der Waals surface area (Å²) in [6.45, 7) is -0.242. The Balaban J connectivity index is 2.00. The van der Waals surface area contributed by atoms with Gasteiger partial charge in [0, 0.05) is 45.4 Å². The summed E-state index contributed by atoms with van der Waals surface area (Å²) in [7, 11) is 1.49. The molecule has 0 saturated carbocycles. The van der Waals surface area contributed by atoms with Gasteiger partial charge in [-0.05, 0) is 53.8 Å². The first-order chi connectivity index (χ1) is 17.4. The van der Waals surface area contributed by atoms with Crippen molar-refractivity contribution in [3.05, 3.63) is 98.8 Å². The predicted molar refractivity (Wildman–Crippen MR) is 135 cm³/mol. The molecule has 3 atom stereocenters. The summed E-state index contributed by atoms with van der Waals surface area (Å²) >= 11 is 6.06. The van der Waals surface area contributed by atoms with Crippen LogP contribution in [0.15, 0.2) is 65.9 Å². The van der Waals surface area contributed by atoms with Gasteiger partial charge in [0.1, 0.15) is 11.9 Å². The van der Waals surface area contributed by atoms with Crippen LogP contribution in [0.25, 0.3) is 10.4 Å². The summed E-state index contributed by atoms with van der Waals surface area (Å²) in [4.78, 5) is 20.6. The van der Waals surface area contributed by atoms with E-state index in [1.807, 2.05) is 0 Å². The number of aliphatic hydroxyl groups excluding tert-OH is 1. The molecule has 0 spiro atoms. The van der Waals surface area contributed by atoms with Crippen molar-refractivity contribution in [2.24, 2.45) is 10.8 Å². The Morgan fingerprint density at radius 1 is 1.25 bits per heavy atom. The minimum Gasteiger partial charge on any atom is -0.481 e. The molecule has 4 N–H and O–H groups in total. The first-order valence-electron chi connectivity index (χ1n) is 11.1. The maximum Gasteiger partial charge on any atom is 0.234 e. The van der Waals surface area contributed by atoms with Crippen LogP contribution < -0.4 is 15.8 Å². The number of aliphatic hydroxyl groups is 1. The maximum atomic E-state index is 14.6. The molecule has 0 fully saturated rings. The SMILES string of the molecule is COc1ccc([C@H](c2ccc(Cl)cc2)[C@H](N=[N+]=[N-])C(=O)Nc2cccc(F)c2CC[C@H](N)CO)cn1. The lowest BCUT2D eigenvalue weighted by molar-refractivity contribution is -0.117. The van der Waals surface area contributed by atoms with Crippen LogP contribution in [0, 0.1) is 5.82 Å². The van der Waals surface area contributed by atoms with Gasteiger partial charge in [0.15, 0.2) is 0 Å². The molecule has 0 radical (unpaired) electrons. The van der Waals surface area contributed by atoms with Crippen LogP contribution >= 0.6 is 11.6 Å². The van der Waals surface area contributed by atoms with E-state index in [9.17, 15) is 19.8 Å². The molecule has 3 aromatic rings. The van der Waals surface area contributed by atoms with Crippen LogP contribution in [0.4, 0.5) is 10.1 Å². The topological polar surface area (TPSA) is 146 Å². The molecule has 3 rings (SSSR count). The number of azide groups is 1. The van der Waals surface area contributed by atoms with Gasteiger partial charge in [-0.2, -0.15) is 0 Å². The minimum atomic E-state index is -1.25. The zero-order valence-corrected chi connectivity index (χ0v) is 20.3. The van der Waals surface area contributed by atoms with E-state index in [1.165, 1.54) is 25.4 Å². The van der Waals surface area contributed by atoms with Gasteiger partial charge in [0.25, 0.3) is 0 Å². The molecule has 0 aliphatic carbocycles. The molecule has 9 nitrogen and oxygen atoms in total. The lowest BCUT2D eigenvalue weighted by Crippen LogP contribution is -2.33. The average molecular weight is 513 g/mol. The van der Waals surface area contributed by atoms with Crippen LogP contribution in [0.2, 0.25) is 5.02 Å². The zero-order valence-electron chi connectivity index (χ0n) is 19.5. The molecular weight excluding hydrogens is 487 g/mol. The third-order valence-corrected chi connectivity index (χ3v) is 5.95. The fourth-order valence-corrected chi connectivity index (χ4v) is 3.93. The number of carbonyl (C=O) groups excluding carboxylic acids is 1. The number of amides is 1. The Labute approximate surface area is 212 Å². The van der Waals surface area contributed by atoms with Gasteiger partial charge in [0.2, 0.25) is 11.8 Å². The fourth-order valence-electron chi connectivity index (χ4n) is 3.81. The molecule has 0 aliphatic heterocycles. The molecule has 1 amide bonds. The Kier molecular flexibility index (Phi) is 9.61. The number of methoxy groups -OCH3 is 1. The Morgan fingerprint density at radius 2 is 1.97 bits per heavy atom. The third kappa shape index (κ3) is 6.71. The number of hydrogen-bond donors (Lipinski definition) is 3. The van der Waals surface area contributed by atoms with Crippen molar-refractivity contribution in [2.45, 2.75) is 30.8 Å². The van der Waals surface area contributed by atoms with Gasteiger partial charge in [-0.3, -0.25) is 4.79 Å². The number of hydrogen-bond acceptors (Lipinski definition) is 6. The van der Waals surface area contributed by atoms with Gasteiger partial charge in [0.05, 0.1) is 13.7 Å². The Bertz CT molecular complexity index is 1220. The second kappa shape index (κ2) is 12.9. The number of carbonyl (C=O) groups is 1. The number of nitrogens with one attached hydrogen (secondary N) is 1. The molecule has 0 aliphatic rings. The zero-order chi connectivity index (χ0) is 26.1. The summed E-state index contributed by atoms with van der Waals surface area (Å²) in [6, 6.07) is 12.7. The van der Waals surface area contributed by atoms with Crippen LogP contribution in [0.1, 0.15) is 29.0 Å². The summed E-state index contributed by atoms with van der Waals surface area (Å²) < 4.78 is 19.8. The van der Waals surface area contributed by atoms with Crippen molar-refractivity contribution >= 4 is 23.2 Å². The number of anilines is 1. The number of halogens is 2. The first-order valence-corrected chi connectivity index (χ1v) is 11.5. The molecule has 1 heterocycles. The van der Waals surface area contributed by atoms with Crippen LogP contribution in [-0.4, -0.2) is 41.8 Å². The second-order valence-corrected chi connectivity index (χ2v) is 8.49.